The zero-order chi connectivity index (χ0) is 17.8. The summed E-state index contributed by atoms with van der Waals surface area (Å²) in [4.78, 5) is 14.6. The van der Waals surface area contributed by atoms with Crippen LogP contribution in [0, 0.1) is 13.8 Å². The number of unbranched alkanes of at least 4 members (excludes halogenated alkanes) is 1. The fourth-order valence-corrected chi connectivity index (χ4v) is 3.54. The number of aryl methyl sites for hydroxylation is 2. The molecule has 0 spiro atoms. The van der Waals surface area contributed by atoms with Crippen LogP contribution < -0.4 is 5.32 Å². The predicted molar refractivity (Wildman–Crippen MR) is 98.9 cm³/mol. The average Bonchev–Trinajstić information content (AvgIpc) is 3.21. The lowest BCUT2D eigenvalue weighted by Crippen LogP contribution is -2.33. The standard InChI is InChI=1S/C20H28N2O3/c1-14-10-16-12-19(25-18(16)11-15(14)2)20(24)21-7-3-4-8-22-9-5-6-17(22)13-23/h10-12,17,23H,3-9,13H2,1-2H3,(H,21,24). The molecule has 1 atom stereocenters. The smallest absolute Gasteiger partial charge is 0.287 e. The fraction of sp³-hybridized carbons (Fsp3) is 0.550. The van der Waals surface area contributed by atoms with Crippen LogP contribution >= 0.6 is 0 Å². The van der Waals surface area contributed by atoms with Crippen LogP contribution in [0.5, 0.6) is 0 Å². The molecule has 5 nitrogen and oxygen atoms in total. The lowest BCUT2D eigenvalue weighted by molar-refractivity contribution is 0.0926. The second kappa shape index (κ2) is 8.02. The van der Waals surface area contributed by atoms with Crippen molar-refractivity contribution in [3.8, 4) is 0 Å². The highest BCUT2D eigenvalue weighted by Gasteiger charge is 2.22. The normalized spacial score (nSPS) is 18.1. The number of aliphatic hydroxyl groups excluding tert-OH is 1. The van der Waals surface area contributed by atoms with Gasteiger partial charge in [0.1, 0.15) is 5.58 Å². The average molecular weight is 344 g/mol. The van der Waals surface area contributed by atoms with Crippen LogP contribution in [0.1, 0.15) is 47.4 Å². The third-order valence-corrected chi connectivity index (χ3v) is 5.22. The van der Waals surface area contributed by atoms with Crippen molar-refractivity contribution in [1.29, 1.82) is 0 Å². The summed E-state index contributed by atoms with van der Waals surface area (Å²) in [6, 6.07) is 6.18. The summed E-state index contributed by atoms with van der Waals surface area (Å²) < 4.78 is 5.68. The number of aliphatic hydroxyl groups is 1. The zero-order valence-corrected chi connectivity index (χ0v) is 15.2. The predicted octanol–water partition coefficient (Wildman–Crippen LogP) is 3.02. The SMILES string of the molecule is Cc1cc2cc(C(=O)NCCCCN3CCCC3CO)oc2cc1C. The van der Waals surface area contributed by atoms with E-state index in [0.29, 0.717) is 18.3 Å². The number of furan rings is 1. The first-order chi connectivity index (χ1) is 12.1. The molecular weight excluding hydrogens is 316 g/mol. The molecule has 5 heteroatoms. The molecule has 1 aromatic carbocycles. The number of carbonyl (C=O) groups excluding carboxylic acids is 1. The van der Waals surface area contributed by atoms with Gasteiger partial charge in [0, 0.05) is 18.0 Å². The summed E-state index contributed by atoms with van der Waals surface area (Å²) in [5.74, 6) is 0.223. The Kier molecular flexibility index (Phi) is 5.76. The molecule has 25 heavy (non-hydrogen) atoms. The Bertz CT molecular complexity index is 699. The first-order valence-corrected chi connectivity index (χ1v) is 9.22. The Labute approximate surface area is 149 Å². The summed E-state index contributed by atoms with van der Waals surface area (Å²) >= 11 is 0. The third kappa shape index (κ3) is 4.22. The molecular formula is C20H28N2O3. The van der Waals surface area contributed by atoms with Gasteiger partial charge in [-0.3, -0.25) is 9.69 Å². The maximum absolute atomic E-state index is 12.3. The number of rotatable bonds is 7. The van der Waals surface area contributed by atoms with E-state index >= 15 is 0 Å². The summed E-state index contributed by atoms with van der Waals surface area (Å²) in [7, 11) is 0. The summed E-state index contributed by atoms with van der Waals surface area (Å²) in [6.07, 6.45) is 4.22. The molecule has 0 saturated carbocycles. The highest BCUT2D eigenvalue weighted by atomic mass is 16.3. The Morgan fingerprint density at radius 1 is 1.28 bits per heavy atom. The van der Waals surface area contributed by atoms with E-state index in [2.05, 4.69) is 23.2 Å². The van der Waals surface area contributed by atoms with Crippen molar-refractivity contribution >= 4 is 16.9 Å². The molecule has 2 heterocycles. The summed E-state index contributed by atoms with van der Waals surface area (Å²) in [5.41, 5.74) is 3.12. The van der Waals surface area contributed by atoms with Crippen LogP contribution in [-0.4, -0.2) is 48.2 Å². The van der Waals surface area contributed by atoms with Gasteiger partial charge in [0.05, 0.1) is 6.61 Å². The number of amides is 1. The van der Waals surface area contributed by atoms with Gasteiger partial charge in [0.15, 0.2) is 5.76 Å². The van der Waals surface area contributed by atoms with E-state index in [4.69, 9.17) is 4.42 Å². The molecule has 1 aliphatic heterocycles. The van der Waals surface area contributed by atoms with Gasteiger partial charge >= 0.3 is 0 Å². The Hall–Kier alpha value is -1.85. The molecule has 0 bridgehead atoms. The van der Waals surface area contributed by atoms with Crippen molar-refractivity contribution in [2.45, 2.75) is 45.6 Å². The molecule has 2 N–H and O–H groups in total. The molecule has 0 radical (unpaired) electrons. The first kappa shape index (κ1) is 18.0. The van der Waals surface area contributed by atoms with Crippen molar-refractivity contribution in [3.05, 3.63) is 35.1 Å². The highest BCUT2D eigenvalue weighted by molar-refractivity contribution is 5.96. The van der Waals surface area contributed by atoms with Gasteiger partial charge < -0.3 is 14.8 Å². The van der Waals surface area contributed by atoms with Crippen LogP contribution in [0.2, 0.25) is 0 Å². The van der Waals surface area contributed by atoms with Gasteiger partial charge in [-0.25, -0.2) is 0 Å². The number of fused-ring (bicyclic) bond motifs is 1. The van der Waals surface area contributed by atoms with Crippen LogP contribution in [0.3, 0.4) is 0 Å². The molecule has 2 aromatic rings. The highest BCUT2D eigenvalue weighted by Crippen LogP contribution is 2.23. The Morgan fingerprint density at radius 3 is 2.88 bits per heavy atom. The number of nitrogens with zero attached hydrogens (tertiary/aromatic N) is 1. The number of hydrogen-bond acceptors (Lipinski definition) is 4. The van der Waals surface area contributed by atoms with Crippen molar-refractivity contribution in [1.82, 2.24) is 10.2 Å². The van der Waals surface area contributed by atoms with Gasteiger partial charge in [-0.15, -0.1) is 0 Å². The van der Waals surface area contributed by atoms with E-state index in [0.717, 1.165) is 48.9 Å². The lowest BCUT2D eigenvalue weighted by Gasteiger charge is -2.22. The van der Waals surface area contributed by atoms with Crippen LogP contribution in [0.15, 0.2) is 22.6 Å². The minimum Gasteiger partial charge on any atom is -0.451 e. The summed E-state index contributed by atoms with van der Waals surface area (Å²) in [5, 5.41) is 13.2. The largest absolute Gasteiger partial charge is 0.451 e. The second-order valence-electron chi connectivity index (χ2n) is 7.06. The number of benzene rings is 1. The van der Waals surface area contributed by atoms with Crippen molar-refractivity contribution < 1.29 is 14.3 Å². The number of likely N-dealkylation sites (tertiary alicyclic amines) is 1. The first-order valence-electron chi connectivity index (χ1n) is 9.22. The van der Waals surface area contributed by atoms with E-state index < -0.39 is 0 Å². The van der Waals surface area contributed by atoms with Crippen molar-refractivity contribution in [2.24, 2.45) is 0 Å². The Morgan fingerprint density at radius 2 is 2.08 bits per heavy atom. The maximum atomic E-state index is 12.3. The molecule has 3 rings (SSSR count). The minimum atomic E-state index is -0.152. The molecule has 136 valence electrons. The minimum absolute atomic E-state index is 0.152. The second-order valence-corrected chi connectivity index (χ2v) is 7.06. The van der Waals surface area contributed by atoms with E-state index in [1.807, 2.05) is 19.1 Å². The van der Waals surface area contributed by atoms with E-state index in [-0.39, 0.29) is 12.5 Å². The third-order valence-electron chi connectivity index (χ3n) is 5.22. The quantitative estimate of drug-likeness (QED) is 0.758. The van der Waals surface area contributed by atoms with Gasteiger partial charge in [0.25, 0.3) is 5.91 Å². The molecule has 1 unspecified atom stereocenters. The van der Waals surface area contributed by atoms with Gasteiger partial charge in [-0.1, -0.05) is 0 Å². The van der Waals surface area contributed by atoms with E-state index in [9.17, 15) is 9.90 Å². The van der Waals surface area contributed by atoms with Crippen molar-refractivity contribution in [3.63, 3.8) is 0 Å². The molecule has 1 saturated heterocycles. The lowest BCUT2D eigenvalue weighted by atomic mass is 10.1. The number of nitrogens with one attached hydrogen (secondary N) is 1. The molecule has 1 aliphatic rings. The van der Waals surface area contributed by atoms with Crippen LogP contribution in [0.25, 0.3) is 11.0 Å². The zero-order valence-electron chi connectivity index (χ0n) is 15.2. The monoisotopic (exact) mass is 344 g/mol. The molecule has 1 fully saturated rings. The number of carbonyl (C=O) groups is 1. The van der Waals surface area contributed by atoms with Gasteiger partial charge in [-0.05, 0) is 81.9 Å². The van der Waals surface area contributed by atoms with Crippen LogP contribution in [-0.2, 0) is 0 Å². The van der Waals surface area contributed by atoms with Gasteiger partial charge in [0.2, 0.25) is 0 Å². The maximum Gasteiger partial charge on any atom is 0.287 e. The number of hydrogen-bond donors (Lipinski definition) is 2. The van der Waals surface area contributed by atoms with E-state index in [1.165, 1.54) is 12.0 Å². The molecule has 1 aromatic heterocycles. The van der Waals surface area contributed by atoms with E-state index in [1.54, 1.807) is 0 Å². The topological polar surface area (TPSA) is 65.7 Å². The van der Waals surface area contributed by atoms with Crippen molar-refractivity contribution in [2.75, 3.05) is 26.2 Å². The molecule has 0 aliphatic carbocycles. The molecule has 1 amide bonds. The fourth-order valence-electron chi connectivity index (χ4n) is 3.54. The summed E-state index contributed by atoms with van der Waals surface area (Å²) in [6.45, 7) is 7.06. The Balaban J connectivity index is 1.45. The van der Waals surface area contributed by atoms with Gasteiger partial charge in [-0.2, -0.15) is 0 Å². The van der Waals surface area contributed by atoms with Crippen LogP contribution in [0.4, 0.5) is 0 Å².